The molecule has 1 N–H and O–H groups in total. The van der Waals surface area contributed by atoms with Crippen LogP contribution in [0.15, 0.2) is 76.5 Å². The molecular formula is C23H19N5O4. The maximum absolute atomic E-state index is 12.3. The van der Waals surface area contributed by atoms with Gasteiger partial charge in [0, 0.05) is 35.2 Å². The Morgan fingerprint density at radius 2 is 1.84 bits per heavy atom. The lowest BCUT2D eigenvalue weighted by molar-refractivity contribution is 0.0955. The molecule has 1 amide bonds. The van der Waals surface area contributed by atoms with Crippen molar-refractivity contribution in [1.29, 1.82) is 0 Å². The van der Waals surface area contributed by atoms with E-state index in [2.05, 4.69) is 25.7 Å². The summed E-state index contributed by atoms with van der Waals surface area (Å²) in [6.07, 6.45) is 4.83. The van der Waals surface area contributed by atoms with Crippen LogP contribution in [-0.2, 0) is 0 Å². The molecular weight excluding hydrogens is 410 g/mol. The molecule has 0 aliphatic carbocycles. The molecule has 0 fully saturated rings. The molecule has 4 aromatic rings. The number of methoxy groups -OCH3 is 2. The van der Waals surface area contributed by atoms with E-state index in [0.717, 1.165) is 5.56 Å². The minimum Gasteiger partial charge on any atom is -0.497 e. The fourth-order valence-corrected chi connectivity index (χ4v) is 2.87. The third kappa shape index (κ3) is 4.62. The van der Waals surface area contributed by atoms with Crippen LogP contribution in [0.2, 0.25) is 0 Å². The van der Waals surface area contributed by atoms with E-state index in [-0.39, 0.29) is 5.91 Å². The van der Waals surface area contributed by atoms with Gasteiger partial charge in [0.2, 0.25) is 5.89 Å². The van der Waals surface area contributed by atoms with E-state index < -0.39 is 0 Å². The highest BCUT2D eigenvalue weighted by Gasteiger charge is 2.16. The number of carbonyl (C=O) groups excluding carboxylic acids is 1. The molecule has 0 unspecified atom stereocenters. The summed E-state index contributed by atoms with van der Waals surface area (Å²) < 4.78 is 16.4. The van der Waals surface area contributed by atoms with Gasteiger partial charge in [-0.3, -0.25) is 9.78 Å². The van der Waals surface area contributed by atoms with Crippen molar-refractivity contribution >= 4 is 12.1 Å². The maximum Gasteiger partial charge on any atom is 0.271 e. The van der Waals surface area contributed by atoms with E-state index in [1.165, 1.54) is 6.21 Å². The molecule has 32 heavy (non-hydrogen) atoms. The van der Waals surface area contributed by atoms with E-state index in [9.17, 15) is 4.79 Å². The van der Waals surface area contributed by atoms with Crippen molar-refractivity contribution in [1.82, 2.24) is 20.6 Å². The van der Waals surface area contributed by atoms with E-state index in [0.29, 0.717) is 40.0 Å². The molecule has 0 aliphatic heterocycles. The molecule has 9 heteroatoms. The molecule has 2 heterocycles. The number of pyridine rings is 1. The van der Waals surface area contributed by atoms with E-state index in [4.69, 9.17) is 13.9 Å². The number of hydrogen-bond donors (Lipinski definition) is 1. The van der Waals surface area contributed by atoms with Gasteiger partial charge in [0.15, 0.2) is 0 Å². The molecule has 160 valence electrons. The molecule has 0 bridgehead atoms. The summed E-state index contributed by atoms with van der Waals surface area (Å²) in [6.45, 7) is 0. The highest BCUT2D eigenvalue weighted by atomic mass is 16.5. The largest absolute Gasteiger partial charge is 0.497 e. The first-order valence-electron chi connectivity index (χ1n) is 9.57. The van der Waals surface area contributed by atoms with Gasteiger partial charge in [-0.25, -0.2) is 5.43 Å². The van der Waals surface area contributed by atoms with Crippen LogP contribution in [0.1, 0.15) is 15.9 Å². The Bertz CT molecular complexity index is 1240. The zero-order valence-electron chi connectivity index (χ0n) is 17.4. The van der Waals surface area contributed by atoms with Gasteiger partial charge in [-0.05, 0) is 42.5 Å². The molecule has 2 aromatic carbocycles. The van der Waals surface area contributed by atoms with Crippen LogP contribution in [0.3, 0.4) is 0 Å². The number of hydrazone groups is 1. The molecule has 0 spiro atoms. The highest BCUT2D eigenvalue weighted by molar-refractivity contribution is 5.95. The van der Waals surface area contributed by atoms with Crippen LogP contribution in [-0.4, -0.2) is 41.5 Å². The number of carbonyl (C=O) groups is 1. The predicted octanol–water partition coefficient (Wildman–Crippen LogP) is 3.58. The van der Waals surface area contributed by atoms with Gasteiger partial charge < -0.3 is 13.9 Å². The van der Waals surface area contributed by atoms with Crippen LogP contribution in [0.25, 0.3) is 22.9 Å². The van der Waals surface area contributed by atoms with Crippen molar-refractivity contribution in [2.24, 2.45) is 5.10 Å². The number of hydrogen-bond acceptors (Lipinski definition) is 8. The summed E-state index contributed by atoms with van der Waals surface area (Å²) in [5.74, 6) is 1.50. The summed E-state index contributed by atoms with van der Waals surface area (Å²) >= 11 is 0. The first kappa shape index (κ1) is 20.7. The smallest absolute Gasteiger partial charge is 0.271 e. The van der Waals surface area contributed by atoms with Gasteiger partial charge >= 0.3 is 0 Å². The van der Waals surface area contributed by atoms with Gasteiger partial charge in [-0.2, -0.15) is 5.10 Å². The van der Waals surface area contributed by atoms with Gasteiger partial charge in [0.1, 0.15) is 11.5 Å². The second kappa shape index (κ2) is 9.52. The Morgan fingerprint density at radius 1 is 1.03 bits per heavy atom. The minimum atomic E-state index is -0.342. The van der Waals surface area contributed by atoms with Crippen LogP contribution >= 0.6 is 0 Å². The summed E-state index contributed by atoms with van der Waals surface area (Å²) in [5.41, 5.74) is 5.02. The van der Waals surface area contributed by atoms with Crippen LogP contribution < -0.4 is 14.9 Å². The third-order valence-electron chi connectivity index (χ3n) is 4.52. The maximum atomic E-state index is 12.3. The Labute approximate surface area is 183 Å². The van der Waals surface area contributed by atoms with Crippen LogP contribution in [0, 0.1) is 0 Å². The monoisotopic (exact) mass is 429 g/mol. The summed E-state index contributed by atoms with van der Waals surface area (Å²) in [6, 6.07) is 15.7. The van der Waals surface area contributed by atoms with Gasteiger partial charge in [-0.15, -0.1) is 10.2 Å². The Balaban J connectivity index is 1.46. The average molecular weight is 429 g/mol. The Hall–Kier alpha value is -4.53. The average Bonchev–Trinajstić information content (AvgIpc) is 3.34. The molecule has 0 aliphatic rings. The summed E-state index contributed by atoms with van der Waals surface area (Å²) in [5, 5.41) is 12.2. The van der Waals surface area contributed by atoms with Gasteiger partial charge in [0.25, 0.3) is 11.8 Å². The lowest BCUT2D eigenvalue weighted by Crippen LogP contribution is -2.17. The normalized spacial score (nSPS) is 10.8. The van der Waals surface area contributed by atoms with Crippen molar-refractivity contribution in [3.05, 3.63) is 78.1 Å². The zero-order valence-corrected chi connectivity index (χ0v) is 17.4. The predicted molar refractivity (Wildman–Crippen MR) is 118 cm³/mol. The number of nitrogens with one attached hydrogen (secondary N) is 1. The third-order valence-corrected chi connectivity index (χ3v) is 4.52. The molecule has 9 nitrogen and oxygen atoms in total. The minimum absolute atomic E-state index is 0.311. The van der Waals surface area contributed by atoms with Crippen molar-refractivity contribution in [2.75, 3.05) is 14.2 Å². The second-order valence-electron chi connectivity index (χ2n) is 6.54. The van der Waals surface area contributed by atoms with Crippen LogP contribution in [0.4, 0.5) is 0 Å². The van der Waals surface area contributed by atoms with Crippen molar-refractivity contribution in [2.45, 2.75) is 0 Å². The second-order valence-corrected chi connectivity index (χ2v) is 6.54. The van der Waals surface area contributed by atoms with E-state index in [1.54, 1.807) is 75.1 Å². The molecule has 0 saturated heterocycles. The van der Waals surface area contributed by atoms with Crippen LogP contribution in [0.5, 0.6) is 11.5 Å². The SMILES string of the molecule is COc1ccc(-c2nnc(-c3ccc(C(=O)N/N=C/c4cccnc4)cc3)o2)c(OC)c1. The molecule has 0 radical (unpaired) electrons. The van der Waals surface area contributed by atoms with Gasteiger partial charge in [0.05, 0.1) is 26.0 Å². The Morgan fingerprint density at radius 3 is 2.56 bits per heavy atom. The zero-order chi connectivity index (χ0) is 22.3. The highest BCUT2D eigenvalue weighted by Crippen LogP contribution is 2.33. The summed E-state index contributed by atoms with van der Waals surface area (Å²) in [4.78, 5) is 16.3. The fraction of sp³-hybridized carbons (Fsp3) is 0.0870. The first-order chi connectivity index (χ1) is 15.7. The lowest BCUT2D eigenvalue weighted by atomic mass is 10.1. The first-order valence-corrected chi connectivity index (χ1v) is 9.57. The van der Waals surface area contributed by atoms with Crippen molar-refractivity contribution in [3.8, 4) is 34.4 Å². The fourth-order valence-electron chi connectivity index (χ4n) is 2.87. The van der Waals surface area contributed by atoms with Gasteiger partial charge in [-0.1, -0.05) is 6.07 Å². The number of nitrogens with zero attached hydrogens (tertiary/aromatic N) is 4. The van der Waals surface area contributed by atoms with E-state index >= 15 is 0 Å². The molecule has 4 rings (SSSR count). The topological polar surface area (TPSA) is 112 Å². The molecule has 0 atom stereocenters. The lowest BCUT2D eigenvalue weighted by Gasteiger charge is -2.07. The van der Waals surface area contributed by atoms with Crippen molar-refractivity contribution in [3.63, 3.8) is 0 Å². The number of benzene rings is 2. The van der Waals surface area contributed by atoms with E-state index in [1.807, 2.05) is 6.07 Å². The number of amides is 1. The Kier molecular flexibility index (Phi) is 6.17. The quantitative estimate of drug-likeness (QED) is 0.353. The molecule has 0 saturated carbocycles. The number of rotatable bonds is 7. The molecule has 2 aromatic heterocycles. The van der Waals surface area contributed by atoms with Crippen molar-refractivity contribution < 1.29 is 18.7 Å². The summed E-state index contributed by atoms with van der Waals surface area (Å²) in [7, 11) is 3.14. The standard InChI is InChI=1S/C23H19N5O4/c1-30-18-9-10-19(20(12-18)31-2)23-28-27-22(32-23)17-7-5-16(6-8-17)21(29)26-25-14-15-4-3-11-24-13-15/h3-14H,1-2H3,(H,26,29)/b25-14+. The number of ether oxygens (including phenoxy) is 2. The number of aromatic nitrogens is 3.